The van der Waals surface area contributed by atoms with Crippen LogP contribution in [0.3, 0.4) is 0 Å². The number of carboxylic acids is 1. The van der Waals surface area contributed by atoms with Crippen LogP contribution in [0, 0.1) is 16.3 Å². The van der Waals surface area contributed by atoms with Crippen LogP contribution >= 0.6 is 0 Å². The quantitative estimate of drug-likeness (QED) is 0.510. The molecule has 1 aromatic rings. The summed E-state index contributed by atoms with van der Waals surface area (Å²) in [6.07, 6.45) is 3.14. The van der Waals surface area contributed by atoms with E-state index in [0.717, 1.165) is 12.3 Å². The van der Waals surface area contributed by atoms with E-state index in [1.165, 1.54) is 0 Å². The molecule has 0 amide bonds. The van der Waals surface area contributed by atoms with Crippen LogP contribution in [0.15, 0.2) is 12.3 Å². The highest BCUT2D eigenvalue weighted by molar-refractivity contribution is 5.91. The third kappa shape index (κ3) is 1.36. The molecule has 0 unspecified atom stereocenters. The van der Waals surface area contributed by atoms with Crippen LogP contribution in [-0.4, -0.2) is 21.0 Å². The zero-order valence-corrected chi connectivity index (χ0v) is 5.72. The number of rotatable bonds is 2. The minimum atomic E-state index is -1.41. The first kappa shape index (κ1) is 8.12. The number of hydrogen-bond acceptors (Lipinski definition) is 4. The first-order valence-electron chi connectivity index (χ1n) is 2.87. The average molecular weight is 167 g/mol. The smallest absolute Gasteiger partial charge is 0.345 e. The second-order valence-electron chi connectivity index (χ2n) is 1.88. The Morgan fingerprint density at radius 2 is 2.42 bits per heavy atom. The lowest BCUT2D eigenvalue weighted by atomic mass is 10.2. The van der Waals surface area contributed by atoms with Crippen molar-refractivity contribution in [3.63, 3.8) is 0 Å². The van der Waals surface area contributed by atoms with Gasteiger partial charge in [-0.25, -0.2) is 4.79 Å². The lowest BCUT2D eigenvalue weighted by Gasteiger charge is -1.93. The highest BCUT2D eigenvalue weighted by Crippen LogP contribution is 2.14. The van der Waals surface area contributed by atoms with Crippen molar-refractivity contribution < 1.29 is 14.8 Å². The molecule has 1 N–H and O–H groups in total. The first-order chi connectivity index (χ1) is 5.63. The number of carbonyl (C=O) groups is 1. The van der Waals surface area contributed by atoms with Gasteiger partial charge in [-0.15, -0.1) is 0 Å². The fourth-order valence-corrected chi connectivity index (χ4v) is 0.660. The number of nitrogens with zero attached hydrogens (tertiary/aromatic N) is 2. The molecule has 61 valence electrons. The van der Waals surface area contributed by atoms with Gasteiger partial charge < -0.3 is 5.11 Å². The third-order valence-electron chi connectivity index (χ3n) is 1.15. The summed E-state index contributed by atoms with van der Waals surface area (Å²) < 4.78 is 0. The standard InChI is InChI=1S/C6H3N2O4/c9-6(10)4-3-7-2-1-5(4)8(11)12/h1-2H,(H,9,10). The Morgan fingerprint density at radius 3 is 2.83 bits per heavy atom. The summed E-state index contributed by atoms with van der Waals surface area (Å²) in [5.41, 5.74) is -1.03. The fourth-order valence-electron chi connectivity index (χ4n) is 0.660. The van der Waals surface area contributed by atoms with Gasteiger partial charge in [0, 0.05) is 12.3 Å². The van der Waals surface area contributed by atoms with Gasteiger partial charge in [-0.05, 0) is 0 Å². The fraction of sp³-hybridized carbons (Fsp3) is 0. The number of carboxylic acid groups (broad SMARTS) is 1. The molecule has 1 rings (SSSR count). The topological polar surface area (TPSA) is 93.3 Å². The Bertz CT molecular complexity index is 303. The normalized spacial score (nSPS) is 9.33. The molecule has 0 saturated heterocycles. The van der Waals surface area contributed by atoms with E-state index in [2.05, 4.69) is 4.98 Å². The molecule has 0 fully saturated rings. The average Bonchev–Trinajstić information content (AvgIpc) is 2.04. The first-order valence-corrected chi connectivity index (χ1v) is 2.87. The molecule has 0 spiro atoms. The van der Waals surface area contributed by atoms with Gasteiger partial charge >= 0.3 is 5.97 Å². The molecule has 0 aliphatic heterocycles. The molecular formula is C6H3N2O4. The lowest BCUT2D eigenvalue weighted by molar-refractivity contribution is -0.385. The van der Waals surface area contributed by atoms with Crippen molar-refractivity contribution in [2.45, 2.75) is 0 Å². The summed E-state index contributed by atoms with van der Waals surface area (Å²) in [4.78, 5) is 23.1. The van der Waals surface area contributed by atoms with Crippen molar-refractivity contribution in [3.8, 4) is 0 Å². The minimum absolute atomic E-state index is 0.502. The number of aromatic carboxylic acids is 1. The van der Waals surface area contributed by atoms with Gasteiger partial charge in [-0.3, -0.25) is 15.1 Å². The summed E-state index contributed by atoms with van der Waals surface area (Å²) in [6, 6.07) is 1.01. The number of nitro groups is 1. The summed E-state index contributed by atoms with van der Waals surface area (Å²) in [7, 11) is 0. The zero-order valence-electron chi connectivity index (χ0n) is 5.72. The summed E-state index contributed by atoms with van der Waals surface area (Å²) in [6.45, 7) is 0. The Balaban J connectivity index is 3.27. The molecule has 0 saturated carbocycles. The van der Waals surface area contributed by atoms with E-state index >= 15 is 0 Å². The van der Waals surface area contributed by atoms with Gasteiger partial charge in [0.25, 0.3) is 5.69 Å². The van der Waals surface area contributed by atoms with E-state index in [4.69, 9.17) is 5.11 Å². The lowest BCUT2D eigenvalue weighted by Crippen LogP contribution is -2.03. The highest BCUT2D eigenvalue weighted by atomic mass is 16.6. The maximum atomic E-state index is 10.4. The molecule has 6 nitrogen and oxygen atoms in total. The van der Waals surface area contributed by atoms with Crippen LogP contribution in [0.5, 0.6) is 0 Å². The Morgan fingerprint density at radius 1 is 1.75 bits per heavy atom. The van der Waals surface area contributed by atoms with Crippen LogP contribution in [0.25, 0.3) is 0 Å². The second-order valence-corrected chi connectivity index (χ2v) is 1.88. The summed E-state index contributed by atoms with van der Waals surface area (Å²) in [5.74, 6) is -1.41. The predicted octanol–water partition coefficient (Wildman–Crippen LogP) is 0.488. The van der Waals surface area contributed by atoms with Crippen molar-refractivity contribution >= 4 is 11.7 Å². The predicted molar refractivity (Wildman–Crippen MR) is 36.7 cm³/mol. The van der Waals surface area contributed by atoms with Crippen molar-refractivity contribution in [1.29, 1.82) is 0 Å². The van der Waals surface area contributed by atoms with Crippen LogP contribution in [0.2, 0.25) is 0 Å². The van der Waals surface area contributed by atoms with Gasteiger partial charge in [0.05, 0.1) is 4.92 Å². The number of hydrogen-bond donors (Lipinski definition) is 1. The molecule has 0 aromatic carbocycles. The van der Waals surface area contributed by atoms with Gasteiger partial charge in [-0.1, -0.05) is 0 Å². The van der Waals surface area contributed by atoms with Crippen LogP contribution < -0.4 is 0 Å². The Kier molecular flexibility index (Phi) is 2.00. The Hall–Kier alpha value is -1.98. The SMILES string of the molecule is O=C(O)c1[c]nccc1[N+](=O)[O-]. The molecule has 0 aliphatic carbocycles. The number of aromatic nitrogens is 1. The van der Waals surface area contributed by atoms with Gasteiger partial charge in [-0.2, -0.15) is 0 Å². The number of pyridine rings is 1. The van der Waals surface area contributed by atoms with Crippen molar-refractivity contribution in [2.24, 2.45) is 0 Å². The molecule has 0 bridgehead atoms. The third-order valence-corrected chi connectivity index (χ3v) is 1.15. The molecule has 1 heterocycles. The van der Waals surface area contributed by atoms with Gasteiger partial charge in [0.2, 0.25) is 0 Å². The van der Waals surface area contributed by atoms with Crippen molar-refractivity contribution in [3.05, 3.63) is 34.1 Å². The molecule has 1 radical (unpaired) electrons. The van der Waals surface area contributed by atoms with Gasteiger partial charge in [0.1, 0.15) is 6.20 Å². The van der Waals surface area contributed by atoms with Crippen LogP contribution in [-0.2, 0) is 0 Å². The maximum Gasteiger partial charge on any atom is 0.345 e. The molecular weight excluding hydrogens is 164 g/mol. The van der Waals surface area contributed by atoms with Crippen molar-refractivity contribution in [1.82, 2.24) is 4.98 Å². The minimum Gasteiger partial charge on any atom is -0.477 e. The van der Waals surface area contributed by atoms with Crippen molar-refractivity contribution in [2.75, 3.05) is 0 Å². The zero-order chi connectivity index (χ0) is 9.14. The summed E-state index contributed by atoms with van der Waals surface area (Å²) >= 11 is 0. The van der Waals surface area contributed by atoms with E-state index in [1.807, 2.05) is 6.20 Å². The molecule has 0 atom stereocenters. The molecule has 6 heteroatoms. The summed E-state index contributed by atoms with van der Waals surface area (Å²) in [5, 5.41) is 18.7. The largest absolute Gasteiger partial charge is 0.477 e. The van der Waals surface area contributed by atoms with Gasteiger partial charge in [0.15, 0.2) is 5.56 Å². The highest BCUT2D eigenvalue weighted by Gasteiger charge is 2.18. The molecule has 0 aliphatic rings. The van der Waals surface area contributed by atoms with E-state index in [0.29, 0.717) is 0 Å². The van der Waals surface area contributed by atoms with E-state index in [1.54, 1.807) is 0 Å². The van der Waals surface area contributed by atoms with Crippen LogP contribution in [0.1, 0.15) is 10.4 Å². The molecule has 12 heavy (non-hydrogen) atoms. The monoisotopic (exact) mass is 167 g/mol. The van der Waals surface area contributed by atoms with E-state index in [-0.39, 0.29) is 0 Å². The Labute approximate surface area is 66.6 Å². The molecule has 1 aromatic heterocycles. The van der Waals surface area contributed by atoms with E-state index in [9.17, 15) is 14.9 Å². The maximum absolute atomic E-state index is 10.4. The second kappa shape index (κ2) is 2.95. The van der Waals surface area contributed by atoms with Crippen LogP contribution in [0.4, 0.5) is 5.69 Å². The van der Waals surface area contributed by atoms with E-state index < -0.39 is 22.1 Å².